The Morgan fingerprint density at radius 1 is 1.62 bits per heavy atom. The second-order valence-corrected chi connectivity index (χ2v) is 2.91. The maximum atomic E-state index is 11.4. The predicted molar refractivity (Wildman–Crippen MR) is 49.6 cm³/mol. The van der Waals surface area contributed by atoms with Crippen LogP contribution >= 0.6 is 0 Å². The molecule has 1 aromatic heterocycles. The van der Waals surface area contributed by atoms with E-state index in [0.29, 0.717) is 5.56 Å². The van der Waals surface area contributed by atoms with Crippen molar-refractivity contribution in [3.05, 3.63) is 17.5 Å². The highest BCUT2D eigenvalue weighted by Crippen LogP contribution is 2.01. The van der Waals surface area contributed by atoms with Gasteiger partial charge < -0.3 is 0 Å². The van der Waals surface area contributed by atoms with Gasteiger partial charge in [0.05, 0.1) is 11.8 Å². The molecule has 1 rings (SSSR count). The van der Waals surface area contributed by atoms with Crippen molar-refractivity contribution in [1.29, 1.82) is 0 Å². The first-order valence-corrected chi connectivity index (χ1v) is 3.92. The number of aryl methyl sites for hydroxylation is 1. The molecule has 0 aliphatic rings. The highest BCUT2D eigenvalue weighted by Gasteiger charge is 2.08. The van der Waals surface area contributed by atoms with E-state index in [1.807, 2.05) is 13.8 Å². The Bertz CT molecular complexity index is 336. The SMILES string of the molecule is CC(C)=NNC(=O)c1cn[nH]c1C. The summed E-state index contributed by atoms with van der Waals surface area (Å²) >= 11 is 0. The van der Waals surface area contributed by atoms with Crippen LogP contribution in [0.15, 0.2) is 11.3 Å². The smallest absolute Gasteiger partial charge is 0.274 e. The summed E-state index contributed by atoms with van der Waals surface area (Å²) in [6.07, 6.45) is 1.48. The summed E-state index contributed by atoms with van der Waals surface area (Å²) in [5.41, 5.74) is 4.47. The molecule has 1 heterocycles. The maximum Gasteiger partial charge on any atom is 0.274 e. The maximum absolute atomic E-state index is 11.4. The first-order valence-electron chi connectivity index (χ1n) is 3.92. The van der Waals surface area contributed by atoms with E-state index in [9.17, 15) is 4.79 Å². The minimum Gasteiger partial charge on any atom is -0.282 e. The largest absolute Gasteiger partial charge is 0.282 e. The minimum absolute atomic E-state index is 0.243. The van der Waals surface area contributed by atoms with Crippen molar-refractivity contribution in [1.82, 2.24) is 15.6 Å². The molecule has 0 bridgehead atoms. The van der Waals surface area contributed by atoms with Crippen molar-refractivity contribution in [2.75, 3.05) is 0 Å². The summed E-state index contributed by atoms with van der Waals surface area (Å²) in [4.78, 5) is 11.4. The van der Waals surface area contributed by atoms with Crippen LogP contribution in [0.4, 0.5) is 0 Å². The van der Waals surface area contributed by atoms with Crippen molar-refractivity contribution in [2.45, 2.75) is 20.8 Å². The summed E-state index contributed by atoms with van der Waals surface area (Å²) in [6.45, 7) is 5.40. The highest BCUT2D eigenvalue weighted by molar-refractivity contribution is 5.95. The molecule has 0 unspecified atom stereocenters. The zero-order valence-corrected chi connectivity index (χ0v) is 7.88. The van der Waals surface area contributed by atoms with E-state index in [-0.39, 0.29) is 5.91 Å². The fourth-order valence-corrected chi connectivity index (χ4v) is 0.802. The summed E-state index contributed by atoms with van der Waals surface area (Å²) in [5.74, 6) is -0.243. The normalized spacial score (nSPS) is 9.46. The Balaban J connectivity index is 2.70. The molecule has 1 amide bonds. The molecular formula is C8H12N4O. The molecule has 5 nitrogen and oxygen atoms in total. The zero-order valence-electron chi connectivity index (χ0n) is 7.88. The van der Waals surface area contributed by atoms with Gasteiger partial charge in [0.2, 0.25) is 0 Å². The molecule has 0 saturated heterocycles. The quantitative estimate of drug-likeness (QED) is 0.523. The summed E-state index contributed by atoms with van der Waals surface area (Å²) in [6, 6.07) is 0. The van der Waals surface area contributed by atoms with E-state index in [1.54, 1.807) is 6.92 Å². The lowest BCUT2D eigenvalue weighted by Gasteiger charge is -1.97. The number of aromatic amines is 1. The number of carbonyl (C=O) groups excluding carboxylic acids is 1. The number of aromatic nitrogens is 2. The average molecular weight is 180 g/mol. The molecule has 0 aromatic carbocycles. The Kier molecular flexibility index (Phi) is 2.79. The Morgan fingerprint density at radius 3 is 2.77 bits per heavy atom. The topological polar surface area (TPSA) is 70.1 Å². The monoisotopic (exact) mass is 180 g/mol. The minimum atomic E-state index is -0.243. The Morgan fingerprint density at radius 2 is 2.31 bits per heavy atom. The number of rotatable bonds is 2. The molecule has 0 aliphatic carbocycles. The summed E-state index contributed by atoms with van der Waals surface area (Å²) in [5, 5.41) is 10.2. The third kappa shape index (κ3) is 2.40. The van der Waals surface area contributed by atoms with Crippen molar-refractivity contribution in [2.24, 2.45) is 5.10 Å². The predicted octanol–water partition coefficient (Wildman–Crippen LogP) is 0.844. The molecule has 5 heteroatoms. The van der Waals surface area contributed by atoms with Crippen molar-refractivity contribution in [3.8, 4) is 0 Å². The number of amides is 1. The molecular weight excluding hydrogens is 168 g/mol. The van der Waals surface area contributed by atoms with Crippen LogP contribution in [-0.4, -0.2) is 21.8 Å². The second kappa shape index (κ2) is 3.84. The summed E-state index contributed by atoms with van der Waals surface area (Å²) < 4.78 is 0. The molecule has 0 saturated carbocycles. The lowest BCUT2D eigenvalue weighted by Crippen LogP contribution is -2.18. The lowest BCUT2D eigenvalue weighted by molar-refractivity contribution is 0.0954. The number of hydrogen-bond acceptors (Lipinski definition) is 3. The lowest BCUT2D eigenvalue weighted by atomic mass is 10.2. The molecule has 0 spiro atoms. The van der Waals surface area contributed by atoms with Gasteiger partial charge in [-0.15, -0.1) is 0 Å². The fourth-order valence-electron chi connectivity index (χ4n) is 0.802. The summed E-state index contributed by atoms with van der Waals surface area (Å²) in [7, 11) is 0. The molecule has 2 N–H and O–H groups in total. The standard InChI is InChI=1S/C8H12N4O/c1-5(2)10-12-8(13)7-4-9-11-6(7)3/h4H,1-3H3,(H,9,11)(H,12,13). The van der Waals surface area contributed by atoms with Crippen LogP contribution in [0.25, 0.3) is 0 Å². The van der Waals surface area contributed by atoms with Crippen molar-refractivity contribution in [3.63, 3.8) is 0 Å². The number of nitrogens with one attached hydrogen (secondary N) is 2. The van der Waals surface area contributed by atoms with E-state index in [1.165, 1.54) is 6.20 Å². The number of carbonyl (C=O) groups is 1. The third-order valence-electron chi connectivity index (χ3n) is 1.46. The van der Waals surface area contributed by atoms with Crippen LogP contribution in [0.2, 0.25) is 0 Å². The van der Waals surface area contributed by atoms with Crippen LogP contribution in [0.5, 0.6) is 0 Å². The van der Waals surface area contributed by atoms with Gasteiger partial charge in [-0.25, -0.2) is 5.43 Å². The fraction of sp³-hybridized carbons (Fsp3) is 0.375. The number of nitrogens with zero attached hydrogens (tertiary/aromatic N) is 2. The van der Waals surface area contributed by atoms with E-state index >= 15 is 0 Å². The van der Waals surface area contributed by atoms with Gasteiger partial charge in [0, 0.05) is 11.4 Å². The highest BCUT2D eigenvalue weighted by atomic mass is 16.2. The molecule has 0 aliphatic heterocycles. The van der Waals surface area contributed by atoms with Crippen LogP contribution in [-0.2, 0) is 0 Å². The van der Waals surface area contributed by atoms with Crippen LogP contribution in [0.3, 0.4) is 0 Å². The van der Waals surface area contributed by atoms with Gasteiger partial charge in [0.25, 0.3) is 5.91 Å². The van der Waals surface area contributed by atoms with Crippen LogP contribution in [0, 0.1) is 6.92 Å². The zero-order chi connectivity index (χ0) is 9.84. The van der Waals surface area contributed by atoms with E-state index in [4.69, 9.17) is 0 Å². The molecule has 70 valence electrons. The van der Waals surface area contributed by atoms with Gasteiger partial charge in [-0.2, -0.15) is 10.2 Å². The third-order valence-corrected chi connectivity index (χ3v) is 1.46. The van der Waals surface area contributed by atoms with E-state index in [0.717, 1.165) is 11.4 Å². The molecule has 0 atom stereocenters. The van der Waals surface area contributed by atoms with Gasteiger partial charge >= 0.3 is 0 Å². The van der Waals surface area contributed by atoms with E-state index in [2.05, 4.69) is 20.7 Å². The second-order valence-electron chi connectivity index (χ2n) is 2.91. The van der Waals surface area contributed by atoms with E-state index < -0.39 is 0 Å². The first-order chi connectivity index (χ1) is 6.11. The van der Waals surface area contributed by atoms with Crippen molar-refractivity contribution < 1.29 is 4.79 Å². The van der Waals surface area contributed by atoms with Crippen LogP contribution in [0.1, 0.15) is 29.9 Å². The van der Waals surface area contributed by atoms with Gasteiger partial charge in [-0.3, -0.25) is 9.89 Å². The van der Waals surface area contributed by atoms with Gasteiger partial charge in [-0.05, 0) is 20.8 Å². The average Bonchev–Trinajstić information content (AvgIpc) is 2.47. The molecule has 0 radical (unpaired) electrons. The number of H-pyrrole nitrogens is 1. The van der Waals surface area contributed by atoms with Crippen molar-refractivity contribution >= 4 is 11.6 Å². The molecule has 1 aromatic rings. The number of hydrazone groups is 1. The Hall–Kier alpha value is -1.65. The molecule has 13 heavy (non-hydrogen) atoms. The van der Waals surface area contributed by atoms with Crippen LogP contribution < -0.4 is 5.43 Å². The van der Waals surface area contributed by atoms with Gasteiger partial charge in [0.1, 0.15) is 0 Å². The Labute approximate surface area is 76.2 Å². The van der Waals surface area contributed by atoms with Gasteiger partial charge in [0.15, 0.2) is 0 Å². The molecule has 0 fully saturated rings. The first kappa shape index (κ1) is 9.44. The van der Waals surface area contributed by atoms with Gasteiger partial charge in [-0.1, -0.05) is 0 Å². The number of hydrogen-bond donors (Lipinski definition) is 2.